The van der Waals surface area contributed by atoms with Crippen molar-refractivity contribution >= 4 is 0 Å². The highest BCUT2D eigenvalue weighted by molar-refractivity contribution is 5.14. The summed E-state index contributed by atoms with van der Waals surface area (Å²) >= 11 is 0. The van der Waals surface area contributed by atoms with E-state index in [-0.39, 0.29) is 6.17 Å². The van der Waals surface area contributed by atoms with Crippen LogP contribution in [0, 0.1) is 12.2 Å². The highest BCUT2D eigenvalue weighted by Gasteiger charge is 2.00. The summed E-state index contributed by atoms with van der Waals surface area (Å²) in [5, 5.41) is 0. The van der Waals surface area contributed by atoms with Crippen LogP contribution < -0.4 is 0 Å². The molecule has 0 nitrogen and oxygen atoms in total. The lowest BCUT2D eigenvalue weighted by Gasteiger charge is -1.96. The van der Waals surface area contributed by atoms with Crippen LogP contribution in [-0.4, -0.2) is 0 Å². The normalized spacial score (nSPS) is 20.7. The first-order valence-corrected chi connectivity index (χ1v) is 2.15. The fourth-order valence-electron chi connectivity index (χ4n) is 0.437. The largest absolute Gasteiger partial charge is 0.235 e. The van der Waals surface area contributed by atoms with E-state index in [1.54, 1.807) is 12.2 Å². The van der Waals surface area contributed by atoms with Crippen LogP contribution in [0.5, 0.6) is 0 Å². The molecule has 0 aromatic heterocycles. The van der Waals surface area contributed by atoms with E-state index >= 15 is 0 Å². The first-order chi connectivity index (χ1) is 3.39. The molecule has 0 spiro atoms. The third-order valence-corrected chi connectivity index (χ3v) is 0.767. The van der Waals surface area contributed by atoms with Crippen LogP contribution >= 0.6 is 0 Å². The quantitative estimate of drug-likeness (QED) is 0.431. The minimum Gasteiger partial charge on any atom is -0.235 e. The van der Waals surface area contributed by atoms with E-state index in [0.29, 0.717) is 6.42 Å². The fraction of sp³-hybridized carbons (Fsp3) is 0.167. The van der Waals surface area contributed by atoms with Gasteiger partial charge in [-0.1, -0.05) is 12.2 Å². The number of allylic oxidation sites excluding steroid dienone is 4. The van der Waals surface area contributed by atoms with Crippen molar-refractivity contribution < 1.29 is 4.39 Å². The molecular formula is C6H5F. The number of hydrogen-bond acceptors (Lipinski definition) is 0. The SMILES string of the molecule is F[C]1C=[C]C=CC1. The molecule has 36 valence electrons. The highest BCUT2D eigenvalue weighted by atomic mass is 19.1. The Morgan fingerprint density at radius 1 is 1.71 bits per heavy atom. The minimum absolute atomic E-state index is 0.109. The van der Waals surface area contributed by atoms with E-state index in [9.17, 15) is 4.39 Å². The highest BCUT2D eigenvalue weighted by Crippen LogP contribution is 2.12. The molecule has 0 saturated heterocycles. The van der Waals surface area contributed by atoms with Crippen LogP contribution in [0.3, 0.4) is 0 Å². The maximum absolute atomic E-state index is 11.9. The van der Waals surface area contributed by atoms with Gasteiger partial charge in [0.05, 0.1) is 0 Å². The van der Waals surface area contributed by atoms with Crippen molar-refractivity contribution in [1.82, 2.24) is 0 Å². The molecule has 0 N–H and O–H groups in total. The average Bonchev–Trinajstić information content (AvgIpc) is 1.69. The Kier molecular flexibility index (Phi) is 1.25. The van der Waals surface area contributed by atoms with Crippen molar-refractivity contribution in [2.45, 2.75) is 6.42 Å². The molecule has 0 heterocycles. The maximum atomic E-state index is 11.9. The van der Waals surface area contributed by atoms with Crippen molar-refractivity contribution in [3.8, 4) is 0 Å². The summed E-state index contributed by atoms with van der Waals surface area (Å²) < 4.78 is 11.9. The van der Waals surface area contributed by atoms with Crippen LogP contribution in [0.15, 0.2) is 18.2 Å². The van der Waals surface area contributed by atoms with E-state index in [4.69, 9.17) is 0 Å². The molecule has 1 aliphatic carbocycles. The lowest BCUT2D eigenvalue weighted by molar-refractivity contribution is 0.529. The van der Waals surface area contributed by atoms with Crippen LogP contribution in [0.25, 0.3) is 0 Å². The fourth-order valence-corrected chi connectivity index (χ4v) is 0.437. The first-order valence-electron chi connectivity index (χ1n) is 2.15. The second-order valence-electron chi connectivity index (χ2n) is 1.36. The van der Waals surface area contributed by atoms with Crippen molar-refractivity contribution in [3.05, 3.63) is 30.5 Å². The molecular weight excluding hydrogens is 91.1 g/mol. The molecule has 1 rings (SSSR count). The van der Waals surface area contributed by atoms with Crippen molar-refractivity contribution in [2.75, 3.05) is 0 Å². The molecule has 0 aliphatic heterocycles. The second-order valence-corrected chi connectivity index (χ2v) is 1.36. The Hall–Kier alpha value is -0.590. The molecule has 0 bridgehead atoms. The monoisotopic (exact) mass is 96.0 g/mol. The summed E-state index contributed by atoms with van der Waals surface area (Å²) in [7, 11) is 0. The van der Waals surface area contributed by atoms with Gasteiger partial charge in [0.1, 0.15) is 0 Å². The second kappa shape index (κ2) is 1.92. The smallest absolute Gasteiger partial charge is 0.171 e. The van der Waals surface area contributed by atoms with Gasteiger partial charge >= 0.3 is 0 Å². The maximum Gasteiger partial charge on any atom is 0.171 e. The minimum atomic E-state index is -0.109. The Labute approximate surface area is 42.3 Å². The molecule has 1 heteroatoms. The molecule has 0 unspecified atom stereocenters. The Balaban J connectivity index is 2.49. The Morgan fingerprint density at radius 3 is 2.86 bits per heavy atom. The van der Waals surface area contributed by atoms with Crippen molar-refractivity contribution in [1.29, 1.82) is 0 Å². The van der Waals surface area contributed by atoms with Crippen molar-refractivity contribution in [2.24, 2.45) is 0 Å². The third kappa shape index (κ3) is 1.15. The standard InChI is InChI=1S/C6H5F/c7-6-4-2-1-3-5-6/h1-2,5H,4H2. The van der Waals surface area contributed by atoms with Crippen LogP contribution in [0.4, 0.5) is 4.39 Å². The zero-order chi connectivity index (χ0) is 5.11. The van der Waals surface area contributed by atoms with Gasteiger partial charge in [0.25, 0.3) is 0 Å². The van der Waals surface area contributed by atoms with Gasteiger partial charge in [0.2, 0.25) is 0 Å². The van der Waals surface area contributed by atoms with Gasteiger partial charge in [0.15, 0.2) is 6.17 Å². The predicted molar refractivity (Wildman–Crippen MR) is 25.9 cm³/mol. The van der Waals surface area contributed by atoms with Gasteiger partial charge in [0, 0.05) is 6.42 Å². The molecule has 7 heavy (non-hydrogen) atoms. The van der Waals surface area contributed by atoms with Gasteiger partial charge in [-0.05, 0) is 12.2 Å². The van der Waals surface area contributed by atoms with Gasteiger partial charge in [-0.2, -0.15) is 0 Å². The third-order valence-electron chi connectivity index (χ3n) is 0.767. The molecule has 0 atom stereocenters. The summed E-state index contributed by atoms with van der Waals surface area (Å²) in [5.41, 5.74) is 0. The van der Waals surface area contributed by atoms with Crippen LogP contribution in [-0.2, 0) is 0 Å². The zero-order valence-corrected chi connectivity index (χ0v) is 3.82. The molecule has 0 aromatic carbocycles. The van der Waals surface area contributed by atoms with Crippen LogP contribution in [0.2, 0.25) is 0 Å². The molecule has 1 aliphatic rings. The lowest BCUT2D eigenvalue weighted by Crippen LogP contribution is -1.83. The van der Waals surface area contributed by atoms with Crippen LogP contribution in [0.1, 0.15) is 6.42 Å². The molecule has 0 amide bonds. The van der Waals surface area contributed by atoms with E-state index in [1.165, 1.54) is 6.08 Å². The average molecular weight is 96.1 g/mol. The molecule has 0 aromatic rings. The zero-order valence-electron chi connectivity index (χ0n) is 3.82. The van der Waals surface area contributed by atoms with E-state index in [0.717, 1.165) is 0 Å². The lowest BCUT2D eigenvalue weighted by atomic mass is 10.2. The summed E-state index contributed by atoms with van der Waals surface area (Å²) in [6.45, 7) is 0. The first kappa shape index (κ1) is 4.57. The van der Waals surface area contributed by atoms with Gasteiger partial charge in [-0.15, -0.1) is 0 Å². The number of halogens is 1. The van der Waals surface area contributed by atoms with E-state index in [2.05, 4.69) is 6.08 Å². The molecule has 0 fully saturated rings. The van der Waals surface area contributed by atoms with E-state index in [1.807, 2.05) is 0 Å². The van der Waals surface area contributed by atoms with Gasteiger partial charge < -0.3 is 0 Å². The van der Waals surface area contributed by atoms with Gasteiger partial charge in [-0.3, -0.25) is 0 Å². The number of hydrogen-bond donors (Lipinski definition) is 0. The summed E-state index contributed by atoms with van der Waals surface area (Å²) in [6.07, 6.45) is 7.74. The Bertz CT molecular complexity index is 103. The summed E-state index contributed by atoms with van der Waals surface area (Å²) in [4.78, 5) is 0. The van der Waals surface area contributed by atoms with Crippen molar-refractivity contribution in [3.63, 3.8) is 0 Å². The molecule has 0 saturated carbocycles. The molecule has 2 radical (unpaired) electrons. The van der Waals surface area contributed by atoms with Gasteiger partial charge in [-0.25, -0.2) is 4.39 Å². The number of rotatable bonds is 0. The summed E-state index contributed by atoms with van der Waals surface area (Å²) in [5.74, 6) is 0. The topological polar surface area (TPSA) is 0 Å². The summed E-state index contributed by atoms with van der Waals surface area (Å²) in [6, 6.07) is 0. The predicted octanol–water partition coefficient (Wildman–Crippen LogP) is 1.81. The van der Waals surface area contributed by atoms with E-state index < -0.39 is 0 Å². The Morgan fingerprint density at radius 2 is 2.57 bits per heavy atom.